The van der Waals surface area contributed by atoms with E-state index >= 15 is 0 Å². The average molecular weight is 195 g/mol. The van der Waals surface area contributed by atoms with Gasteiger partial charge in [-0.1, -0.05) is 6.07 Å². The Morgan fingerprint density at radius 3 is 2.86 bits per heavy atom. The maximum Gasteiger partial charge on any atom is 0.276 e. The molecule has 14 heavy (non-hydrogen) atoms. The van der Waals surface area contributed by atoms with E-state index in [1.54, 1.807) is 0 Å². The van der Waals surface area contributed by atoms with Crippen molar-refractivity contribution in [1.29, 1.82) is 0 Å². The fourth-order valence-electron chi connectivity index (χ4n) is 0.836. The average Bonchev–Trinajstić information content (AvgIpc) is 2.15. The van der Waals surface area contributed by atoms with Gasteiger partial charge in [-0.3, -0.25) is 20.6 Å². The van der Waals surface area contributed by atoms with Crippen LogP contribution in [-0.4, -0.2) is 17.4 Å². The molecule has 0 bridgehead atoms. The highest BCUT2D eigenvalue weighted by molar-refractivity contribution is 5.74. The highest BCUT2D eigenvalue weighted by Crippen LogP contribution is 2.18. The Bertz CT molecular complexity index is 364. The van der Waals surface area contributed by atoms with Gasteiger partial charge in [-0.25, -0.2) is 0 Å². The summed E-state index contributed by atoms with van der Waals surface area (Å²) in [7, 11) is 0. The molecule has 1 aromatic carbocycles. The number of nitrogens with zero attached hydrogens (tertiary/aromatic N) is 1. The molecule has 1 radical (unpaired) electrons. The van der Waals surface area contributed by atoms with Crippen LogP contribution in [0.3, 0.4) is 0 Å². The van der Waals surface area contributed by atoms with E-state index in [9.17, 15) is 14.9 Å². The molecule has 1 aromatic rings. The first-order valence-electron chi connectivity index (χ1n) is 3.71. The van der Waals surface area contributed by atoms with Crippen molar-refractivity contribution in [2.24, 2.45) is 0 Å². The summed E-state index contributed by atoms with van der Waals surface area (Å²) in [6.45, 7) is -0.402. The summed E-state index contributed by atoms with van der Waals surface area (Å²) in [5, 5.41) is 10.3. The van der Waals surface area contributed by atoms with Gasteiger partial charge in [0.1, 0.15) is 5.75 Å². The van der Waals surface area contributed by atoms with Gasteiger partial charge in [-0.05, 0) is 6.07 Å². The number of amides is 1. The van der Waals surface area contributed by atoms with Gasteiger partial charge in [0.05, 0.1) is 11.0 Å². The second kappa shape index (κ2) is 4.22. The van der Waals surface area contributed by atoms with E-state index in [1.807, 2.05) is 0 Å². The molecule has 1 N–H and O–H groups in total. The standard InChI is InChI=1S/C8H7N2O4/c9-8(11)5-14-7-3-1-2-6(4-7)10(12)13/h1-4,9H,5H2. The SMILES string of the molecule is [NH]C(=O)COc1cccc([N+](=O)[O-])c1. The molecule has 0 aliphatic heterocycles. The van der Waals surface area contributed by atoms with Crippen LogP contribution < -0.4 is 10.5 Å². The van der Waals surface area contributed by atoms with Crippen molar-refractivity contribution in [3.63, 3.8) is 0 Å². The summed E-state index contributed by atoms with van der Waals surface area (Å²) in [4.78, 5) is 20.0. The smallest absolute Gasteiger partial charge is 0.276 e. The Morgan fingerprint density at radius 1 is 1.57 bits per heavy atom. The van der Waals surface area contributed by atoms with E-state index in [2.05, 4.69) is 0 Å². The van der Waals surface area contributed by atoms with Crippen LogP contribution in [-0.2, 0) is 4.79 Å². The van der Waals surface area contributed by atoms with Crippen LogP contribution in [0, 0.1) is 10.1 Å². The molecule has 0 heterocycles. The molecule has 0 atom stereocenters. The summed E-state index contributed by atoms with van der Waals surface area (Å²) in [5.41, 5.74) is 6.46. The van der Waals surface area contributed by atoms with Crippen LogP contribution in [0.15, 0.2) is 24.3 Å². The number of rotatable bonds is 4. The Morgan fingerprint density at radius 2 is 2.29 bits per heavy atom. The van der Waals surface area contributed by atoms with Gasteiger partial charge in [0, 0.05) is 6.07 Å². The Labute approximate surface area is 79.4 Å². The molecule has 0 aromatic heterocycles. The van der Waals surface area contributed by atoms with E-state index in [4.69, 9.17) is 10.5 Å². The first kappa shape index (κ1) is 9.97. The van der Waals surface area contributed by atoms with Crippen molar-refractivity contribution < 1.29 is 14.5 Å². The third-order valence-electron chi connectivity index (χ3n) is 1.40. The van der Waals surface area contributed by atoms with Crippen LogP contribution in [0.25, 0.3) is 0 Å². The van der Waals surface area contributed by atoms with Gasteiger partial charge in [0.2, 0.25) is 0 Å². The molecule has 0 fully saturated rings. The predicted molar refractivity (Wildman–Crippen MR) is 46.7 cm³/mol. The lowest BCUT2D eigenvalue weighted by molar-refractivity contribution is -0.384. The van der Waals surface area contributed by atoms with Crippen molar-refractivity contribution in [3.05, 3.63) is 34.4 Å². The van der Waals surface area contributed by atoms with E-state index < -0.39 is 17.4 Å². The summed E-state index contributed by atoms with van der Waals surface area (Å²) in [6.07, 6.45) is 0. The fraction of sp³-hybridized carbons (Fsp3) is 0.125. The van der Waals surface area contributed by atoms with Crippen LogP contribution in [0.4, 0.5) is 5.69 Å². The topological polar surface area (TPSA) is 93.2 Å². The molecule has 1 amide bonds. The normalized spacial score (nSPS) is 9.43. The number of benzene rings is 1. The van der Waals surface area contributed by atoms with Crippen LogP contribution in [0.5, 0.6) is 5.75 Å². The van der Waals surface area contributed by atoms with Gasteiger partial charge in [0.15, 0.2) is 6.61 Å². The minimum absolute atomic E-state index is 0.111. The number of nitro benzene ring substituents is 1. The lowest BCUT2D eigenvalue weighted by Gasteiger charge is -2.01. The molecular formula is C8H7N2O4. The summed E-state index contributed by atoms with van der Waals surface area (Å²) in [5.74, 6) is -0.670. The molecule has 0 spiro atoms. The molecule has 0 aliphatic rings. The van der Waals surface area contributed by atoms with E-state index in [0.717, 1.165) is 0 Å². The lowest BCUT2D eigenvalue weighted by Crippen LogP contribution is -2.11. The number of nitrogens with one attached hydrogen (secondary N) is 1. The highest BCUT2D eigenvalue weighted by Gasteiger charge is 2.06. The van der Waals surface area contributed by atoms with Gasteiger partial charge in [-0.2, -0.15) is 0 Å². The third-order valence-corrected chi connectivity index (χ3v) is 1.40. The summed E-state index contributed by atoms with van der Waals surface area (Å²) >= 11 is 0. The second-order valence-corrected chi connectivity index (χ2v) is 2.47. The molecule has 6 heteroatoms. The number of hydrogen-bond acceptors (Lipinski definition) is 4. The Hall–Kier alpha value is -2.11. The van der Waals surface area contributed by atoms with Crippen molar-refractivity contribution in [2.45, 2.75) is 0 Å². The molecule has 0 saturated carbocycles. The Kier molecular flexibility index (Phi) is 3.01. The Balaban J connectivity index is 2.73. The van der Waals surface area contributed by atoms with Crippen LogP contribution in [0.2, 0.25) is 0 Å². The molecule has 73 valence electrons. The van der Waals surface area contributed by atoms with E-state index in [-0.39, 0.29) is 11.4 Å². The minimum Gasteiger partial charge on any atom is -0.483 e. The zero-order valence-corrected chi connectivity index (χ0v) is 7.10. The third kappa shape index (κ3) is 2.74. The van der Waals surface area contributed by atoms with Crippen molar-refractivity contribution in [3.8, 4) is 5.75 Å². The molecule has 0 aliphatic carbocycles. The minimum atomic E-state index is -0.878. The quantitative estimate of drug-likeness (QED) is 0.524. The number of nitro groups is 1. The largest absolute Gasteiger partial charge is 0.483 e. The lowest BCUT2D eigenvalue weighted by atomic mass is 10.3. The number of carbonyl (C=O) groups excluding carboxylic acids is 1. The maximum atomic E-state index is 10.3. The zero-order valence-electron chi connectivity index (χ0n) is 7.10. The fourth-order valence-corrected chi connectivity index (χ4v) is 0.836. The molecule has 6 nitrogen and oxygen atoms in total. The van der Waals surface area contributed by atoms with Crippen LogP contribution >= 0.6 is 0 Å². The monoisotopic (exact) mass is 195 g/mol. The zero-order chi connectivity index (χ0) is 10.6. The van der Waals surface area contributed by atoms with E-state index in [0.29, 0.717) is 0 Å². The van der Waals surface area contributed by atoms with Gasteiger partial charge in [-0.15, -0.1) is 0 Å². The number of non-ortho nitro benzene ring substituents is 1. The first-order valence-corrected chi connectivity index (χ1v) is 3.71. The van der Waals surface area contributed by atoms with Crippen molar-refractivity contribution >= 4 is 11.6 Å². The van der Waals surface area contributed by atoms with Gasteiger partial charge in [0.25, 0.3) is 11.6 Å². The molecule has 1 rings (SSSR count). The van der Waals surface area contributed by atoms with Crippen LogP contribution in [0.1, 0.15) is 0 Å². The molecular weight excluding hydrogens is 188 g/mol. The van der Waals surface area contributed by atoms with Gasteiger partial charge < -0.3 is 4.74 Å². The first-order chi connectivity index (χ1) is 6.59. The highest BCUT2D eigenvalue weighted by atomic mass is 16.6. The van der Waals surface area contributed by atoms with Crippen molar-refractivity contribution in [2.75, 3.05) is 6.61 Å². The number of hydrogen-bond donors (Lipinski definition) is 0. The molecule has 0 saturated heterocycles. The predicted octanol–water partition coefficient (Wildman–Crippen LogP) is 0.783. The maximum absolute atomic E-state index is 10.3. The summed E-state index contributed by atoms with van der Waals surface area (Å²) in [6, 6.07) is 5.44. The molecule has 0 unspecified atom stereocenters. The van der Waals surface area contributed by atoms with Gasteiger partial charge >= 0.3 is 0 Å². The number of carbonyl (C=O) groups is 1. The summed E-state index contributed by atoms with van der Waals surface area (Å²) < 4.78 is 4.82. The van der Waals surface area contributed by atoms with Crippen molar-refractivity contribution in [1.82, 2.24) is 5.73 Å². The second-order valence-electron chi connectivity index (χ2n) is 2.47. The number of ether oxygens (including phenoxy) is 1. The van der Waals surface area contributed by atoms with E-state index in [1.165, 1.54) is 24.3 Å².